The van der Waals surface area contributed by atoms with Gasteiger partial charge in [0.25, 0.3) is 0 Å². The van der Waals surface area contributed by atoms with Crippen LogP contribution in [-0.4, -0.2) is 44.2 Å². The van der Waals surface area contributed by atoms with E-state index in [1.165, 1.54) is 0 Å². The summed E-state index contributed by atoms with van der Waals surface area (Å²) in [4.78, 5) is 23.7. The molecule has 0 aliphatic heterocycles. The molecule has 4 nitrogen and oxygen atoms in total. The zero-order valence-corrected chi connectivity index (χ0v) is 17.8. The third-order valence-electron chi connectivity index (χ3n) is 8.31. The summed E-state index contributed by atoms with van der Waals surface area (Å²) in [6, 6.07) is 0. The van der Waals surface area contributed by atoms with Gasteiger partial charge in [-0.05, 0) is 42.4 Å². The van der Waals surface area contributed by atoms with Crippen LogP contribution in [0, 0.1) is 28.6 Å². The molecule has 4 rings (SSSR count). The number of halogens is 2. The van der Waals surface area contributed by atoms with E-state index < -0.39 is 39.1 Å². The smallest absolute Gasteiger partial charge is 0.190 e. The maximum Gasteiger partial charge on any atom is 0.190 e. The zero-order valence-electron chi connectivity index (χ0n) is 16.3. The minimum Gasteiger partial charge on any atom is -0.388 e. The van der Waals surface area contributed by atoms with Crippen LogP contribution in [0.25, 0.3) is 0 Å². The van der Waals surface area contributed by atoms with Crippen molar-refractivity contribution in [1.82, 2.24) is 0 Å². The Hall–Kier alpha value is -0.940. The molecule has 0 heterocycles. The topological polar surface area (TPSA) is 74.6 Å². The van der Waals surface area contributed by atoms with Crippen molar-refractivity contribution in [2.24, 2.45) is 28.6 Å². The highest BCUT2D eigenvalue weighted by Crippen LogP contribution is 2.71. The normalized spacial score (nSPS) is 52.0. The van der Waals surface area contributed by atoms with Crippen molar-refractivity contribution in [2.75, 3.05) is 6.61 Å². The zero-order chi connectivity index (χ0) is 20.7. The lowest BCUT2D eigenvalue weighted by Crippen LogP contribution is -2.67. The van der Waals surface area contributed by atoms with E-state index in [1.54, 1.807) is 12.2 Å². The molecule has 4 aliphatic carbocycles. The number of alkyl halides is 2. The number of aliphatic hydroxyl groups excluding tert-OH is 1. The summed E-state index contributed by atoms with van der Waals surface area (Å²) in [5, 5.41) is 20.5. The number of hydrogen-bond donors (Lipinski definition) is 2. The summed E-state index contributed by atoms with van der Waals surface area (Å²) in [5.74, 6) is -1.19. The monoisotopic (exact) mass is 424 g/mol. The minimum absolute atomic E-state index is 0.0694. The average molecular weight is 425 g/mol. The van der Waals surface area contributed by atoms with Crippen molar-refractivity contribution < 1.29 is 19.8 Å². The lowest BCUT2D eigenvalue weighted by Gasteiger charge is -2.62. The van der Waals surface area contributed by atoms with Crippen molar-refractivity contribution in [3.05, 3.63) is 36.0 Å². The highest BCUT2D eigenvalue weighted by atomic mass is 35.5. The summed E-state index contributed by atoms with van der Waals surface area (Å²) in [6.45, 7) is 5.07. The van der Waals surface area contributed by atoms with Crippen LogP contribution < -0.4 is 0 Å². The lowest BCUT2D eigenvalue weighted by molar-refractivity contribution is -0.165. The number of carbonyl (C=O) groups excluding carboxylic acids is 2. The van der Waals surface area contributed by atoms with Gasteiger partial charge in [-0.3, -0.25) is 9.59 Å². The molecule has 0 aromatic carbocycles. The molecule has 6 heteroatoms. The first kappa shape index (κ1) is 20.3. The van der Waals surface area contributed by atoms with Crippen LogP contribution in [0.15, 0.2) is 36.0 Å². The fourth-order valence-corrected chi connectivity index (χ4v) is 7.83. The molecule has 2 saturated carbocycles. The molecule has 2 fully saturated rings. The second-order valence-electron chi connectivity index (χ2n) is 9.37. The first-order valence-electron chi connectivity index (χ1n) is 9.80. The molecule has 2 N–H and O–H groups in total. The van der Waals surface area contributed by atoms with Gasteiger partial charge in [-0.15, -0.1) is 23.2 Å². The van der Waals surface area contributed by atoms with Gasteiger partial charge in [-0.25, -0.2) is 0 Å². The maximum absolute atomic E-state index is 12.6. The van der Waals surface area contributed by atoms with Crippen molar-refractivity contribution in [2.45, 2.75) is 49.5 Å². The summed E-state index contributed by atoms with van der Waals surface area (Å²) in [7, 11) is 0. The minimum atomic E-state index is -1.64. The van der Waals surface area contributed by atoms with Gasteiger partial charge >= 0.3 is 0 Å². The Morgan fingerprint density at radius 2 is 2.00 bits per heavy atom. The summed E-state index contributed by atoms with van der Waals surface area (Å²) >= 11 is 14.3. The number of rotatable bonds is 2. The first-order valence-corrected chi connectivity index (χ1v) is 10.6. The van der Waals surface area contributed by atoms with Crippen LogP contribution in [0.1, 0.15) is 33.6 Å². The van der Waals surface area contributed by atoms with Crippen molar-refractivity contribution in [3.63, 3.8) is 0 Å². The van der Waals surface area contributed by atoms with Crippen LogP contribution in [0.4, 0.5) is 0 Å². The molecule has 0 spiro atoms. The molecule has 0 bridgehead atoms. The second kappa shape index (κ2) is 6.04. The predicted molar refractivity (Wildman–Crippen MR) is 108 cm³/mol. The number of aliphatic hydroxyl groups is 2. The van der Waals surface area contributed by atoms with Crippen molar-refractivity contribution in [3.8, 4) is 0 Å². The standard InChI is InChI=1S/C22H26Cl2O4/c1-12-8-16-15-5-4-13-9-14(26)6-7-19(13,2)21(15,24)17(23)10-20(16,3)22(12,28)18(27)11-25/h4-7,9,12,15-17,25,28H,8,10-11H2,1-3H3/t12?,15-,16-,17?,19-,20-,21-,22-/m0/s1. The van der Waals surface area contributed by atoms with Crippen molar-refractivity contribution >= 4 is 34.8 Å². The molecule has 0 saturated heterocycles. The Bertz CT molecular complexity index is 847. The highest BCUT2D eigenvalue weighted by Gasteiger charge is 2.73. The molecule has 4 aliphatic rings. The third-order valence-corrected chi connectivity index (χ3v) is 9.83. The molecule has 152 valence electrons. The SMILES string of the molecule is CC1C[C@H]2[C@@H]3C=CC4=CC(=O)C=C[C@]4(C)[C@@]3(Cl)C(Cl)C[C@]2(C)[C@@]1(O)C(=O)CO. The Morgan fingerprint density at radius 3 is 2.64 bits per heavy atom. The lowest BCUT2D eigenvalue weighted by atomic mass is 9.48. The van der Waals surface area contributed by atoms with E-state index in [9.17, 15) is 19.8 Å². The number of hydrogen-bond acceptors (Lipinski definition) is 4. The number of carbonyl (C=O) groups is 2. The summed E-state index contributed by atoms with van der Waals surface area (Å²) < 4.78 is 0. The van der Waals surface area contributed by atoms with Crippen LogP contribution in [-0.2, 0) is 9.59 Å². The number of allylic oxidation sites excluding steroid dienone is 6. The van der Waals surface area contributed by atoms with E-state index in [1.807, 2.05) is 39.0 Å². The molecule has 2 unspecified atom stereocenters. The Kier molecular flexibility index (Phi) is 4.39. The van der Waals surface area contributed by atoms with E-state index in [4.69, 9.17) is 23.2 Å². The molecular weight excluding hydrogens is 399 g/mol. The van der Waals surface area contributed by atoms with E-state index in [2.05, 4.69) is 0 Å². The number of fused-ring (bicyclic) bond motifs is 5. The van der Waals surface area contributed by atoms with Gasteiger partial charge in [-0.1, -0.05) is 39.0 Å². The van der Waals surface area contributed by atoms with E-state index >= 15 is 0 Å². The molecule has 8 atom stereocenters. The van der Waals surface area contributed by atoms with Gasteiger partial charge < -0.3 is 10.2 Å². The molecule has 0 aromatic heterocycles. The van der Waals surface area contributed by atoms with Gasteiger partial charge in [0.2, 0.25) is 0 Å². The summed E-state index contributed by atoms with van der Waals surface area (Å²) in [5.41, 5.74) is -2.22. The van der Waals surface area contributed by atoms with E-state index in [-0.39, 0.29) is 23.5 Å². The van der Waals surface area contributed by atoms with Crippen LogP contribution in [0.5, 0.6) is 0 Å². The van der Waals surface area contributed by atoms with E-state index in [0.717, 1.165) is 5.57 Å². The van der Waals surface area contributed by atoms with Crippen molar-refractivity contribution in [1.29, 1.82) is 0 Å². The molecule has 0 radical (unpaired) electrons. The first-order chi connectivity index (χ1) is 13.0. The molecular formula is C22H26Cl2O4. The molecule has 0 aromatic rings. The van der Waals surface area contributed by atoms with Gasteiger partial charge in [-0.2, -0.15) is 0 Å². The Morgan fingerprint density at radius 1 is 1.32 bits per heavy atom. The van der Waals surface area contributed by atoms with Crippen LogP contribution in [0.3, 0.4) is 0 Å². The fourth-order valence-electron chi connectivity index (χ4n) is 6.66. The molecule has 28 heavy (non-hydrogen) atoms. The average Bonchev–Trinajstić information content (AvgIpc) is 2.84. The maximum atomic E-state index is 12.6. The molecule has 0 amide bonds. The Balaban J connectivity index is 1.88. The van der Waals surface area contributed by atoms with Crippen LogP contribution in [0.2, 0.25) is 0 Å². The van der Waals surface area contributed by atoms with Gasteiger partial charge in [0.1, 0.15) is 12.2 Å². The second-order valence-corrected chi connectivity index (χ2v) is 10.5. The highest BCUT2D eigenvalue weighted by molar-refractivity contribution is 6.34. The number of ketones is 2. The fraction of sp³-hybridized carbons (Fsp3) is 0.636. The van der Waals surface area contributed by atoms with Crippen LogP contribution >= 0.6 is 23.2 Å². The van der Waals surface area contributed by atoms with Gasteiger partial charge in [0.15, 0.2) is 11.6 Å². The quantitative estimate of drug-likeness (QED) is 0.667. The van der Waals surface area contributed by atoms with Gasteiger partial charge in [0.05, 0.1) is 10.3 Å². The van der Waals surface area contributed by atoms with E-state index in [0.29, 0.717) is 12.8 Å². The number of Topliss-reactive ketones (excluding diaryl/α,β-unsaturated/α-hetero) is 1. The third kappa shape index (κ3) is 2.10. The summed E-state index contributed by atoms with van der Waals surface area (Å²) in [6.07, 6.45) is 9.93. The predicted octanol–water partition coefficient (Wildman–Crippen LogP) is 3.19. The Labute approximate surface area is 175 Å². The van der Waals surface area contributed by atoms with Gasteiger partial charge in [0, 0.05) is 16.7 Å². The largest absolute Gasteiger partial charge is 0.388 e.